The predicted molar refractivity (Wildman–Crippen MR) is 66.7 cm³/mol. The van der Waals surface area contributed by atoms with Crippen LogP contribution in [-0.2, 0) is 9.47 Å². The van der Waals surface area contributed by atoms with Crippen molar-refractivity contribution >= 4 is 11.5 Å². The molecule has 0 aliphatic carbocycles. The Kier molecular flexibility index (Phi) is 4.43. The third-order valence-corrected chi connectivity index (χ3v) is 2.47. The van der Waals surface area contributed by atoms with Gasteiger partial charge in [0.15, 0.2) is 5.82 Å². The molecule has 0 fully saturated rings. The molecule has 0 atom stereocenters. The van der Waals surface area contributed by atoms with Crippen LogP contribution in [0.1, 0.15) is 5.82 Å². The van der Waals surface area contributed by atoms with Gasteiger partial charge in [-0.1, -0.05) is 0 Å². The van der Waals surface area contributed by atoms with Gasteiger partial charge in [0, 0.05) is 26.0 Å². The van der Waals surface area contributed by atoms with Gasteiger partial charge in [-0.3, -0.25) is 4.40 Å². The van der Waals surface area contributed by atoms with Crippen LogP contribution >= 0.6 is 0 Å². The summed E-state index contributed by atoms with van der Waals surface area (Å²) in [6.45, 7) is 4.37. The number of nitrogens with one attached hydrogen (secondary N) is 1. The highest BCUT2D eigenvalue weighted by molar-refractivity contribution is 5.61. The zero-order chi connectivity index (χ0) is 12.8. The average Bonchev–Trinajstić information content (AvgIpc) is 2.77. The summed E-state index contributed by atoms with van der Waals surface area (Å²) in [7, 11) is 1.65. The number of anilines is 1. The van der Waals surface area contributed by atoms with Gasteiger partial charge in [0.1, 0.15) is 5.82 Å². The summed E-state index contributed by atoms with van der Waals surface area (Å²) < 4.78 is 12.1. The maximum Gasteiger partial charge on any atom is 0.203 e. The van der Waals surface area contributed by atoms with E-state index in [9.17, 15) is 0 Å². The van der Waals surface area contributed by atoms with Crippen molar-refractivity contribution < 1.29 is 9.47 Å². The van der Waals surface area contributed by atoms with E-state index < -0.39 is 0 Å². The van der Waals surface area contributed by atoms with Gasteiger partial charge in [-0.25, -0.2) is 4.98 Å². The topological polar surface area (TPSA) is 73.6 Å². The predicted octanol–water partition coefficient (Wildman–Crippen LogP) is 0.508. The Bertz CT molecular complexity index is 499. The van der Waals surface area contributed by atoms with Gasteiger partial charge in [-0.2, -0.15) is 0 Å². The van der Waals surface area contributed by atoms with E-state index in [1.807, 2.05) is 17.5 Å². The molecule has 7 nitrogen and oxygen atoms in total. The van der Waals surface area contributed by atoms with E-state index in [2.05, 4.69) is 20.5 Å². The van der Waals surface area contributed by atoms with E-state index >= 15 is 0 Å². The second-order valence-electron chi connectivity index (χ2n) is 3.75. The number of rotatable bonds is 7. The molecule has 2 aromatic heterocycles. The number of aryl methyl sites for hydroxylation is 1. The first-order valence-electron chi connectivity index (χ1n) is 5.80. The van der Waals surface area contributed by atoms with Crippen molar-refractivity contribution in [3.05, 3.63) is 18.2 Å². The average molecular weight is 251 g/mol. The maximum absolute atomic E-state index is 5.35. The molecule has 1 N–H and O–H groups in total. The molecule has 2 aromatic rings. The van der Waals surface area contributed by atoms with Gasteiger partial charge in [-0.15, -0.1) is 10.2 Å². The van der Waals surface area contributed by atoms with Gasteiger partial charge in [0.25, 0.3) is 0 Å². The number of hydrogen-bond donors (Lipinski definition) is 1. The summed E-state index contributed by atoms with van der Waals surface area (Å²) in [4.78, 5) is 4.24. The number of fused-ring (bicyclic) bond motifs is 1. The van der Waals surface area contributed by atoms with Crippen LogP contribution in [0, 0.1) is 6.92 Å². The van der Waals surface area contributed by atoms with Crippen molar-refractivity contribution in [2.75, 3.05) is 38.8 Å². The first-order chi connectivity index (χ1) is 8.83. The largest absolute Gasteiger partial charge is 0.382 e. The summed E-state index contributed by atoms with van der Waals surface area (Å²) in [6, 6.07) is 0. The molecule has 0 saturated carbocycles. The Morgan fingerprint density at radius 2 is 2.17 bits per heavy atom. The fraction of sp³-hybridized carbons (Fsp3) is 0.545. The van der Waals surface area contributed by atoms with E-state index in [1.54, 1.807) is 13.3 Å². The Hall–Kier alpha value is -1.73. The molecule has 0 amide bonds. The van der Waals surface area contributed by atoms with Gasteiger partial charge in [0.05, 0.1) is 19.8 Å². The molecule has 98 valence electrons. The van der Waals surface area contributed by atoms with E-state index in [0.29, 0.717) is 32.2 Å². The van der Waals surface area contributed by atoms with Crippen LogP contribution in [0.3, 0.4) is 0 Å². The van der Waals surface area contributed by atoms with Crippen molar-refractivity contribution in [3.63, 3.8) is 0 Å². The lowest BCUT2D eigenvalue weighted by atomic mass is 10.5. The fourth-order valence-electron chi connectivity index (χ4n) is 1.55. The number of methoxy groups -OCH3 is 1. The Morgan fingerprint density at radius 3 is 3.00 bits per heavy atom. The number of aromatic nitrogens is 4. The number of nitrogens with zero attached hydrogens (tertiary/aromatic N) is 4. The van der Waals surface area contributed by atoms with Crippen molar-refractivity contribution in [1.82, 2.24) is 19.6 Å². The first kappa shape index (κ1) is 12.7. The summed E-state index contributed by atoms with van der Waals surface area (Å²) in [6.07, 6.45) is 3.56. The molecule has 7 heteroatoms. The number of hydrogen-bond acceptors (Lipinski definition) is 6. The summed E-state index contributed by atoms with van der Waals surface area (Å²) in [5, 5.41) is 11.3. The van der Waals surface area contributed by atoms with E-state index in [1.165, 1.54) is 0 Å². The van der Waals surface area contributed by atoms with Crippen molar-refractivity contribution in [2.24, 2.45) is 0 Å². The van der Waals surface area contributed by atoms with Crippen molar-refractivity contribution in [1.29, 1.82) is 0 Å². The highest BCUT2D eigenvalue weighted by Crippen LogP contribution is 2.11. The molecule has 0 aliphatic heterocycles. The maximum atomic E-state index is 5.35. The van der Waals surface area contributed by atoms with E-state index in [0.717, 1.165) is 11.5 Å². The molecule has 0 saturated heterocycles. The molecular weight excluding hydrogens is 234 g/mol. The van der Waals surface area contributed by atoms with Crippen LogP contribution in [-0.4, -0.2) is 53.1 Å². The Labute approximate surface area is 105 Å². The molecule has 0 aliphatic rings. The molecule has 0 unspecified atom stereocenters. The van der Waals surface area contributed by atoms with Crippen LogP contribution < -0.4 is 5.32 Å². The van der Waals surface area contributed by atoms with E-state index in [-0.39, 0.29) is 0 Å². The SMILES string of the molecule is COCCOCCNc1nccn2c(C)nnc12. The minimum atomic E-state index is 0.596. The smallest absolute Gasteiger partial charge is 0.203 e. The van der Waals surface area contributed by atoms with Gasteiger partial charge in [-0.05, 0) is 6.92 Å². The highest BCUT2D eigenvalue weighted by Gasteiger charge is 2.06. The number of ether oxygens (including phenoxy) is 2. The minimum absolute atomic E-state index is 0.596. The molecule has 2 heterocycles. The Balaban J connectivity index is 1.88. The summed E-state index contributed by atoms with van der Waals surface area (Å²) in [5.41, 5.74) is 0.729. The summed E-state index contributed by atoms with van der Waals surface area (Å²) in [5.74, 6) is 1.56. The molecular formula is C11H17N5O2. The second-order valence-corrected chi connectivity index (χ2v) is 3.75. The zero-order valence-electron chi connectivity index (χ0n) is 10.6. The van der Waals surface area contributed by atoms with Gasteiger partial charge in [0.2, 0.25) is 5.65 Å². The van der Waals surface area contributed by atoms with Crippen LogP contribution in [0.5, 0.6) is 0 Å². The van der Waals surface area contributed by atoms with Crippen molar-refractivity contribution in [2.45, 2.75) is 6.92 Å². The molecule has 18 heavy (non-hydrogen) atoms. The third kappa shape index (κ3) is 2.93. The van der Waals surface area contributed by atoms with Crippen LogP contribution in [0.2, 0.25) is 0 Å². The van der Waals surface area contributed by atoms with Crippen LogP contribution in [0.15, 0.2) is 12.4 Å². The highest BCUT2D eigenvalue weighted by atomic mass is 16.5. The lowest BCUT2D eigenvalue weighted by Gasteiger charge is -2.07. The molecule has 0 aromatic carbocycles. The second kappa shape index (κ2) is 6.27. The van der Waals surface area contributed by atoms with Crippen LogP contribution in [0.25, 0.3) is 5.65 Å². The molecule has 0 radical (unpaired) electrons. The van der Waals surface area contributed by atoms with Crippen LogP contribution in [0.4, 0.5) is 5.82 Å². The fourth-order valence-corrected chi connectivity index (χ4v) is 1.55. The normalized spacial score (nSPS) is 11.0. The molecule has 0 bridgehead atoms. The third-order valence-electron chi connectivity index (χ3n) is 2.47. The first-order valence-corrected chi connectivity index (χ1v) is 5.80. The van der Waals surface area contributed by atoms with E-state index in [4.69, 9.17) is 9.47 Å². The monoisotopic (exact) mass is 251 g/mol. The Morgan fingerprint density at radius 1 is 1.28 bits per heavy atom. The van der Waals surface area contributed by atoms with Crippen molar-refractivity contribution in [3.8, 4) is 0 Å². The quantitative estimate of drug-likeness (QED) is 0.723. The minimum Gasteiger partial charge on any atom is -0.382 e. The summed E-state index contributed by atoms with van der Waals surface area (Å²) >= 11 is 0. The lowest BCUT2D eigenvalue weighted by molar-refractivity contribution is 0.0759. The van der Waals surface area contributed by atoms with Gasteiger partial charge < -0.3 is 14.8 Å². The molecule has 0 spiro atoms. The molecule has 2 rings (SSSR count). The standard InChI is InChI=1S/C11H17N5O2/c1-9-14-15-11-10(12-3-5-16(9)11)13-4-6-18-8-7-17-2/h3,5H,4,6-8H2,1-2H3,(H,12,13). The lowest BCUT2D eigenvalue weighted by Crippen LogP contribution is -2.13. The van der Waals surface area contributed by atoms with Gasteiger partial charge >= 0.3 is 0 Å². The zero-order valence-corrected chi connectivity index (χ0v) is 10.6.